The minimum Gasteiger partial charge on any atom is -0.493 e. The van der Waals surface area contributed by atoms with Gasteiger partial charge in [-0.3, -0.25) is 4.79 Å². The van der Waals surface area contributed by atoms with Crippen LogP contribution < -0.4 is 10.1 Å². The Morgan fingerprint density at radius 2 is 1.75 bits per heavy atom. The first-order valence-electron chi connectivity index (χ1n) is 6.84. The summed E-state index contributed by atoms with van der Waals surface area (Å²) in [7, 11) is 0. The SMILES string of the molecule is CCc1ccc(NC(=O)CCOc2ccccc2)cc1. The van der Waals surface area contributed by atoms with Crippen molar-refractivity contribution in [2.45, 2.75) is 19.8 Å². The second kappa shape index (κ2) is 7.34. The lowest BCUT2D eigenvalue weighted by molar-refractivity contribution is -0.116. The van der Waals surface area contributed by atoms with E-state index in [2.05, 4.69) is 12.2 Å². The van der Waals surface area contributed by atoms with E-state index in [1.165, 1.54) is 5.56 Å². The molecule has 0 saturated heterocycles. The Labute approximate surface area is 119 Å². The quantitative estimate of drug-likeness (QED) is 0.869. The first-order valence-corrected chi connectivity index (χ1v) is 6.84. The van der Waals surface area contributed by atoms with E-state index in [-0.39, 0.29) is 5.91 Å². The van der Waals surface area contributed by atoms with Crippen LogP contribution in [0, 0.1) is 0 Å². The molecule has 0 spiro atoms. The molecule has 0 aromatic heterocycles. The summed E-state index contributed by atoms with van der Waals surface area (Å²) in [5.41, 5.74) is 2.09. The Kier molecular flexibility index (Phi) is 5.18. The highest BCUT2D eigenvalue weighted by Crippen LogP contribution is 2.11. The van der Waals surface area contributed by atoms with Crippen molar-refractivity contribution in [1.29, 1.82) is 0 Å². The van der Waals surface area contributed by atoms with Gasteiger partial charge < -0.3 is 10.1 Å². The molecule has 0 aliphatic heterocycles. The van der Waals surface area contributed by atoms with Crippen molar-refractivity contribution in [1.82, 2.24) is 0 Å². The summed E-state index contributed by atoms with van der Waals surface area (Å²) in [6, 6.07) is 17.4. The number of amides is 1. The zero-order valence-electron chi connectivity index (χ0n) is 11.6. The fourth-order valence-electron chi connectivity index (χ4n) is 1.83. The summed E-state index contributed by atoms with van der Waals surface area (Å²) in [5, 5.41) is 2.86. The van der Waals surface area contributed by atoms with Gasteiger partial charge in [-0.1, -0.05) is 37.3 Å². The fraction of sp³-hybridized carbons (Fsp3) is 0.235. The number of benzene rings is 2. The van der Waals surface area contributed by atoms with E-state index >= 15 is 0 Å². The minimum absolute atomic E-state index is 0.0369. The van der Waals surface area contributed by atoms with E-state index in [9.17, 15) is 4.79 Å². The first-order chi connectivity index (χ1) is 9.78. The number of anilines is 1. The summed E-state index contributed by atoms with van der Waals surface area (Å²) < 4.78 is 5.49. The summed E-state index contributed by atoms with van der Waals surface area (Å²) in [6.07, 6.45) is 1.34. The average Bonchev–Trinajstić information content (AvgIpc) is 2.49. The third-order valence-corrected chi connectivity index (χ3v) is 2.99. The van der Waals surface area contributed by atoms with Crippen molar-refractivity contribution in [2.24, 2.45) is 0 Å². The number of hydrogen-bond acceptors (Lipinski definition) is 2. The van der Waals surface area contributed by atoms with Gasteiger partial charge >= 0.3 is 0 Å². The monoisotopic (exact) mass is 269 g/mol. The van der Waals surface area contributed by atoms with Crippen molar-refractivity contribution in [3.8, 4) is 5.75 Å². The highest BCUT2D eigenvalue weighted by atomic mass is 16.5. The van der Waals surface area contributed by atoms with E-state index in [1.54, 1.807) is 0 Å². The lowest BCUT2D eigenvalue weighted by Crippen LogP contribution is -2.15. The van der Waals surface area contributed by atoms with Crippen molar-refractivity contribution < 1.29 is 9.53 Å². The van der Waals surface area contributed by atoms with E-state index in [1.807, 2.05) is 54.6 Å². The molecule has 1 amide bonds. The van der Waals surface area contributed by atoms with E-state index < -0.39 is 0 Å². The van der Waals surface area contributed by atoms with Gasteiger partial charge in [-0.05, 0) is 36.2 Å². The number of hydrogen-bond donors (Lipinski definition) is 1. The van der Waals surface area contributed by atoms with Crippen LogP contribution in [0.5, 0.6) is 5.75 Å². The van der Waals surface area contributed by atoms with Gasteiger partial charge in [0.15, 0.2) is 0 Å². The molecule has 2 rings (SSSR count). The second-order valence-corrected chi connectivity index (χ2v) is 4.51. The molecule has 104 valence electrons. The van der Waals surface area contributed by atoms with E-state index in [0.717, 1.165) is 17.9 Å². The van der Waals surface area contributed by atoms with Crippen LogP contribution in [-0.4, -0.2) is 12.5 Å². The number of rotatable bonds is 6. The van der Waals surface area contributed by atoms with Gasteiger partial charge in [-0.25, -0.2) is 0 Å². The van der Waals surface area contributed by atoms with Gasteiger partial charge in [-0.2, -0.15) is 0 Å². The molecule has 0 bridgehead atoms. The van der Waals surface area contributed by atoms with Crippen LogP contribution in [0.25, 0.3) is 0 Å². The van der Waals surface area contributed by atoms with Crippen LogP contribution in [0.4, 0.5) is 5.69 Å². The molecule has 0 atom stereocenters. The predicted octanol–water partition coefficient (Wildman–Crippen LogP) is 3.66. The fourth-order valence-corrected chi connectivity index (χ4v) is 1.83. The smallest absolute Gasteiger partial charge is 0.227 e. The molecule has 0 aliphatic rings. The van der Waals surface area contributed by atoms with Crippen LogP contribution in [0.15, 0.2) is 54.6 Å². The number of carbonyl (C=O) groups excluding carboxylic acids is 1. The Morgan fingerprint density at radius 1 is 1.05 bits per heavy atom. The zero-order chi connectivity index (χ0) is 14.2. The number of ether oxygens (including phenoxy) is 1. The standard InChI is InChI=1S/C17H19NO2/c1-2-14-8-10-15(11-9-14)18-17(19)12-13-20-16-6-4-3-5-7-16/h3-11H,2,12-13H2,1H3,(H,18,19). The Hall–Kier alpha value is -2.29. The Balaban J connectivity index is 1.74. The van der Waals surface area contributed by atoms with Gasteiger partial charge in [0.05, 0.1) is 13.0 Å². The first kappa shape index (κ1) is 14.1. The van der Waals surface area contributed by atoms with Gasteiger partial charge in [0, 0.05) is 5.69 Å². The number of aryl methyl sites for hydroxylation is 1. The topological polar surface area (TPSA) is 38.3 Å². The molecule has 0 radical (unpaired) electrons. The predicted molar refractivity (Wildman–Crippen MR) is 81.0 cm³/mol. The lowest BCUT2D eigenvalue weighted by Gasteiger charge is -2.07. The molecular weight excluding hydrogens is 250 g/mol. The van der Waals surface area contributed by atoms with Crippen LogP contribution in [0.1, 0.15) is 18.9 Å². The molecule has 0 heterocycles. The maximum Gasteiger partial charge on any atom is 0.227 e. The minimum atomic E-state index is -0.0369. The third-order valence-electron chi connectivity index (χ3n) is 2.99. The zero-order valence-corrected chi connectivity index (χ0v) is 11.6. The molecule has 1 N–H and O–H groups in total. The number of para-hydroxylation sites is 1. The maximum atomic E-state index is 11.8. The molecule has 0 fully saturated rings. The largest absolute Gasteiger partial charge is 0.493 e. The highest BCUT2D eigenvalue weighted by Gasteiger charge is 2.03. The van der Waals surface area contributed by atoms with Crippen LogP contribution >= 0.6 is 0 Å². The molecule has 20 heavy (non-hydrogen) atoms. The molecule has 0 aliphatic carbocycles. The molecule has 0 saturated carbocycles. The van der Waals surface area contributed by atoms with Crippen LogP contribution in [0.2, 0.25) is 0 Å². The highest BCUT2D eigenvalue weighted by molar-refractivity contribution is 5.90. The normalized spacial score (nSPS) is 10.1. The van der Waals surface area contributed by atoms with Crippen LogP contribution in [-0.2, 0) is 11.2 Å². The van der Waals surface area contributed by atoms with Gasteiger partial charge in [0.25, 0.3) is 0 Å². The molecular formula is C17H19NO2. The van der Waals surface area contributed by atoms with Gasteiger partial charge in [0.1, 0.15) is 5.75 Å². The number of carbonyl (C=O) groups is 1. The molecule has 0 unspecified atom stereocenters. The maximum absolute atomic E-state index is 11.8. The van der Waals surface area contributed by atoms with Crippen molar-refractivity contribution in [2.75, 3.05) is 11.9 Å². The average molecular weight is 269 g/mol. The number of nitrogens with one attached hydrogen (secondary N) is 1. The summed E-state index contributed by atoms with van der Waals surface area (Å²) >= 11 is 0. The summed E-state index contributed by atoms with van der Waals surface area (Å²) in [5.74, 6) is 0.748. The molecule has 2 aromatic carbocycles. The van der Waals surface area contributed by atoms with Gasteiger partial charge in [0.2, 0.25) is 5.91 Å². The Bertz CT molecular complexity index is 535. The summed E-state index contributed by atoms with van der Waals surface area (Å²) in [4.78, 5) is 11.8. The van der Waals surface area contributed by atoms with Gasteiger partial charge in [-0.15, -0.1) is 0 Å². The molecule has 3 nitrogen and oxygen atoms in total. The second-order valence-electron chi connectivity index (χ2n) is 4.51. The molecule has 3 heteroatoms. The van der Waals surface area contributed by atoms with Crippen molar-refractivity contribution in [3.63, 3.8) is 0 Å². The van der Waals surface area contributed by atoms with Crippen LogP contribution in [0.3, 0.4) is 0 Å². The van der Waals surface area contributed by atoms with E-state index in [4.69, 9.17) is 4.74 Å². The third kappa shape index (κ3) is 4.43. The van der Waals surface area contributed by atoms with Crippen molar-refractivity contribution in [3.05, 3.63) is 60.2 Å². The lowest BCUT2D eigenvalue weighted by atomic mass is 10.1. The van der Waals surface area contributed by atoms with Crippen molar-refractivity contribution >= 4 is 11.6 Å². The van der Waals surface area contributed by atoms with E-state index in [0.29, 0.717) is 13.0 Å². The Morgan fingerprint density at radius 3 is 2.40 bits per heavy atom. The molecule has 2 aromatic rings. The summed E-state index contributed by atoms with van der Waals surface area (Å²) in [6.45, 7) is 2.48.